The standard InChI is InChI=1S/C20H18O7/c1-12-19(27-17-5-3-2-4-16(17)26-12)20(22)25-11-14(21)13-6-7-15-18(10-13)24-9-8-23-15/h2-7,10,12,19H,8-9,11H2,1H3. The molecular weight excluding hydrogens is 352 g/mol. The fraction of sp³-hybridized carbons (Fsp3) is 0.300. The second-order valence-electron chi connectivity index (χ2n) is 6.20. The van der Waals surface area contributed by atoms with Gasteiger partial charge in [0.15, 0.2) is 35.4 Å². The topological polar surface area (TPSA) is 80.3 Å². The Hall–Kier alpha value is -3.22. The number of benzene rings is 2. The van der Waals surface area contributed by atoms with Crippen LogP contribution in [-0.2, 0) is 9.53 Å². The van der Waals surface area contributed by atoms with Crippen molar-refractivity contribution in [2.45, 2.75) is 19.1 Å². The number of esters is 1. The molecule has 2 aliphatic heterocycles. The quantitative estimate of drug-likeness (QED) is 0.604. The van der Waals surface area contributed by atoms with Crippen molar-refractivity contribution in [1.29, 1.82) is 0 Å². The molecule has 2 unspecified atom stereocenters. The Morgan fingerprint density at radius 2 is 1.67 bits per heavy atom. The van der Waals surface area contributed by atoms with E-state index in [1.165, 1.54) is 0 Å². The van der Waals surface area contributed by atoms with Crippen LogP contribution in [0.2, 0.25) is 0 Å². The molecule has 27 heavy (non-hydrogen) atoms. The van der Waals surface area contributed by atoms with Gasteiger partial charge in [-0.2, -0.15) is 0 Å². The average molecular weight is 370 g/mol. The predicted octanol–water partition coefficient (Wildman–Crippen LogP) is 2.41. The summed E-state index contributed by atoms with van der Waals surface area (Å²) in [6.45, 7) is 2.22. The number of Topliss-reactive ketones (excluding diaryl/α,β-unsaturated/α-hetero) is 1. The van der Waals surface area contributed by atoms with Crippen LogP contribution in [0.1, 0.15) is 17.3 Å². The molecule has 140 valence electrons. The van der Waals surface area contributed by atoms with Crippen molar-refractivity contribution in [3.05, 3.63) is 48.0 Å². The summed E-state index contributed by atoms with van der Waals surface area (Å²) < 4.78 is 27.4. The molecule has 0 spiro atoms. The largest absolute Gasteiger partial charge is 0.486 e. The van der Waals surface area contributed by atoms with Crippen molar-refractivity contribution in [2.75, 3.05) is 19.8 Å². The van der Waals surface area contributed by atoms with E-state index in [1.807, 2.05) is 6.07 Å². The summed E-state index contributed by atoms with van der Waals surface area (Å²) in [4.78, 5) is 24.7. The van der Waals surface area contributed by atoms with E-state index in [0.29, 0.717) is 41.8 Å². The third-order valence-corrected chi connectivity index (χ3v) is 4.28. The highest BCUT2D eigenvalue weighted by Gasteiger charge is 2.35. The van der Waals surface area contributed by atoms with Gasteiger partial charge < -0.3 is 23.7 Å². The Morgan fingerprint density at radius 3 is 2.44 bits per heavy atom. The van der Waals surface area contributed by atoms with Crippen LogP contribution in [0.4, 0.5) is 0 Å². The van der Waals surface area contributed by atoms with Crippen LogP contribution in [0.25, 0.3) is 0 Å². The summed E-state index contributed by atoms with van der Waals surface area (Å²) in [7, 11) is 0. The van der Waals surface area contributed by atoms with Crippen LogP contribution in [0, 0.1) is 0 Å². The molecule has 2 aromatic carbocycles. The number of carbonyl (C=O) groups is 2. The first kappa shape index (κ1) is 17.2. The van der Waals surface area contributed by atoms with E-state index in [2.05, 4.69) is 0 Å². The highest BCUT2D eigenvalue weighted by Crippen LogP contribution is 2.34. The Morgan fingerprint density at radius 1 is 0.963 bits per heavy atom. The number of carbonyl (C=O) groups excluding carboxylic acids is 2. The van der Waals surface area contributed by atoms with Crippen molar-refractivity contribution >= 4 is 11.8 Å². The van der Waals surface area contributed by atoms with Gasteiger partial charge in [0.1, 0.15) is 19.3 Å². The van der Waals surface area contributed by atoms with Crippen molar-refractivity contribution in [1.82, 2.24) is 0 Å². The summed E-state index contributed by atoms with van der Waals surface area (Å²) >= 11 is 0. The second-order valence-corrected chi connectivity index (χ2v) is 6.20. The summed E-state index contributed by atoms with van der Waals surface area (Å²) in [5.41, 5.74) is 0.381. The number of hydrogen-bond donors (Lipinski definition) is 0. The molecule has 0 amide bonds. The smallest absolute Gasteiger partial charge is 0.351 e. The Bertz CT molecular complexity index is 876. The highest BCUT2D eigenvalue weighted by molar-refractivity contribution is 5.98. The minimum absolute atomic E-state index is 0.342. The van der Waals surface area contributed by atoms with E-state index in [1.54, 1.807) is 43.3 Å². The molecule has 7 heteroatoms. The summed E-state index contributed by atoms with van der Waals surface area (Å²) in [5, 5.41) is 0. The normalized spacial score (nSPS) is 19.9. The molecule has 4 rings (SSSR count). The third-order valence-electron chi connectivity index (χ3n) is 4.28. The summed E-state index contributed by atoms with van der Waals surface area (Å²) in [6, 6.07) is 11.9. The van der Waals surface area contributed by atoms with E-state index in [4.69, 9.17) is 23.7 Å². The zero-order chi connectivity index (χ0) is 18.8. The Kier molecular flexibility index (Phi) is 4.58. The van der Waals surface area contributed by atoms with Crippen LogP contribution in [0.3, 0.4) is 0 Å². The number of para-hydroxylation sites is 2. The highest BCUT2D eigenvalue weighted by atomic mass is 16.6. The molecule has 7 nitrogen and oxygen atoms in total. The van der Waals surface area contributed by atoms with Gasteiger partial charge in [-0.05, 0) is 37.3 Å². The van der Waals surface area contributed by atoms with Crippen molar-refractivity contribution < 1.29 is 33.3 Å². The van der Waals surface area contributed by atoms with Crippen molar-refractivity contribution in [3.8, 4) is 23.0 Å². The minimum atomic E-state index is -0.937. The van der Waals surface area contributed by atoms with Crippen LogP contribution in [0.5, 0.6) is 23.0 Å². The van der Waals surface area contributed by atoms with Gasteiger partial charge in [0.05, 0.1) is 0 Å². The fourth-order valence-corrected chi connectivity index (χ4v) is 2.90. The van der Waals surface area contributed by atoms with E-state index in [-0.39, 0.29) is 5.78 Å². The molecule has 0 N–H and O–H groups in total. The summed E-state index contributed by atoms with van der Waals surface area (Å²) in [6.07, 6.45) is -1.47. The molecular formula is C20H18O7. The van der Waals surface area contributed by atoms with Crippen molar-refractivity contribution in [3.63, 3.8) is 0 Å². The Balaban J connectivity index is 1.38. The average Bonchev–Trinajstić information content (AvgIpc) is 2.70. The van der Waals surface area contributed by atoms with E-state index < -0.39 is 24.8 Å². The van der Waals surface area contributed by atoms with Gasteiger partial charge >= 0.3 is 5.97 Å². The maximum Gasteiger partial charge on any atom is 0.351 e. The van der Waals surface area contributed by atoms with Gasteiger partial charge in [-0.15, -0.1) is 0 Å². The van der Waals surface area contributed by atoms with E-state index in [0.717, 1.165) is 0 Å². The third kappa shape index (κ3) is 3.53. The molecule has 0 bridgehead atoms. The molecule has 2 aliphatic rings. The van der Waals surface area contributed by atoms with Gasteiger partial charge in [0.25, 0.3) is 0 Å². The SMILES string of the molecule is CC1Oc2ccccc2OC1C(=O)OCC(=O)c1ccc2c(c1)OCCO2. The number of ether oxygens (including phenoxy) is 5. The number of hydrogen-bond acceptors (Lipinski definition) is 7. The first-order valence-electron chi connectivity index (χ1n) is 8.63. The van der Waals surface area contributed by atoms with Gasteiger partial charge in [0.2, 0.25) is 6.10 Å². The molecule has 0 saturated carbocycles. The van der Waals surface area contributed by atoms with Crippen LogP contribution < -0.4 is 18.9 Å². The molecule has 2 aromatic rings. The van der Waals surface area contributed by atoms with Gasteiger partial charge in [-0.3, -0.25) is 4.79 Å². The first-order chi connectivity index (χ1) is 13.1. The number of ketones is 1. The second kappa shape index (κ2) is 7.19. The zero-order valence-corrected chi connectivity index (χ0v) is 14.7. The Labute approximate surface area is 155 Å². The lowest BCUT2D eigenvalue weighted by molar-refractivity contribution is -0.156. The lowest BCUT2D eigenvalue weighted by Crippen LogP contribution is -2.44. The minimum Gasteiger partial charge on any atom is -0.486 e. The lowest BCUT2D eigenvalue weighted by atomic mass is 10.1. The molecule has 2 heterocycles. The van der Waals surface area contributed by atoms with E-state index in [9.17, 15) is 9.59 Å². The van der Waals surface area contributed by atoms with Gasteiger partial charge in [-0.25, -0.2) is 4.79 Å². The molecule has 0 aromatic heterocycles. The number of rotatable bonds is 4. The first-order valence-corrected chi connectivity index (χ1v) is 8.63. The maximum absolute atomic E-state index is 12.4. The molecule has 0 aliphatic carbocycles. The van der Waals surface area contributed by atoms with Crippen LogP contribution >= 0.6 is 0 Å². The van der Waals surface area contributed by atoms with Gasteiger partial charge in [0, 0.05) is 5.56 Å². The van der Waals surface area contributed by atoms with Crippen LogP contribution in [-0.4, -0.2) is 43.8 Å². The predicted molar refractivity (Wildman–Crippen MR) is 93.7 cm³/mol. The summed E-state index contributed by atoms with van der Waals surface area (Å²) in [5.74, 6) is 1.15. The van der Waals surface area contributed by atoms with Crippen LogP contribution in [0.15, 0.2) is 42.5 Å². The fourth-order valence-electron chi connectivity index (χ4n) is 2.90. The zero-order valence-electron chi connectivity index (χ0n) is 14.7. The maximum atomic E-state index is 12.4. The molecule has 0 fully saturated rings. The lowest BCUT2D eigenvalue weighted by Gasteiger charge is -2.30. The molecule has 0 radical (unpaired) electrons. The molecule has 0 saturated heterocycles. The monoisotopic (exact) mass is 370 g/mol. The van der Waals surface area contributed by atoms with Gasteiger partial charge in [-0.1, -0.05) is 12.1 Å². The molecule has 2 atom stereocenters. The van der Waals surface area contributed by atoms with Crippen molar-refractivity contribution in [2.24, 2.45) is 0 Å². The number of fused-ring (bicyclic) bond motifs is 2. The van der Waals surface area contributed by atoms with E-state index >= 15 is 0 Å².